The van der Waals surface area contributed by atoms with Crippen molar-refractivity contribution in [1.82, 2.24) is 0 Å². The van der Waals surface area contributed by atoms with E-state index < -0.39 is 5.60 Å². The monoisotopic (exact) mass is 428 g/mol. The van der Waals surface area contributed by atoms with Crippen molar-refractivity contribution in [1.29, 1.82) is 0 Å². The molecule has 0 radical (unpaired) electrons. The lowest BCUT2D eigenvalue weighted by atomic mass is 9.55. The lowest BCUT2D eigenvalue weighted by molar-refractivity contribution is -0.256. The van der Waals surface area contributed by atoms with E-state index in [9.17, 15) is 4.79 Å². The molecular formula is C26H36O5. The van der Waals surface area contributed by atoms with E-state index in [0.29, 0.717) is 18.4 Å². The molecule has 1 aliphatic heterocycles. The smallest absolute Gasteiger partial charge is 0.335 e. The van der Waals surface area contributed by atoms with Crippen LogP contribution in [0.4, 0.5) is 0 Å². The maximum absolute atomic E-state index is 12.0. The molecule has 5 atom stereocenters. The Labute approximate surface area is 185 Å². The number of fused-ring (bicyclic) bond motifs is 3. The van der Waals surface area contributed by atoms with Gasteiger partial charge in [-0.1, -0.05) is 12.5 Å². The summed E-state index contributed by atoms with van der Waals surface area (Å²) in [5, 5.41) is 0. The van der Waals surface area contributed by atoms with Gasteiger partial charge in [0.05, 0.1) is 18.5 Å². The number of allylic oxidation sites excluding steroid dienone is 2. The Morgan fingerprint density at radius 1 is 1.23 bits per heavy atom. The number of aryl methyl sites for hydroxylation is 1. The zero-order chi connectivity index (χ0) is 22.6. The van der Waals surface area contributed by atoms with Gasteiger partial charge in [0.1, 0.15) is 11.5 Å². The number of hydrogen-bond donors (Lipinski definition) is 0. The van der Waals surface area contributed by atoms with E-state index in [2.05, 4.69) is 26.8 Å². The van der Waals surface area contributed by atoms with E-state index in [0.717, 1.165) is 41.9 Å². The Balaban J connectivity index is 1.79. The minimum atomic E-state index is -0.590. The van der Waals surface area contributed by atoms with E-state index >= 15 is 0 Å². The first-order valence-electron chi connectivity index (χ1n) is 11.3. The molecule has 0 amide bonds. The predicted molar refractivity (Wildman–Crippen MR) is 119 cm³/mol. The molecular weight excluding hydrogens is 392 g/mol. The maximum Gasteiger partial charge on any atom is 0.335 e. The summed E-state index contributed by atoms with van der Waals surface area (Å²) in [5.74, 6) is 2.17. The third-order valence-corrected chi connectivity index (χ3v) is 7.93. The van der Waals surface area contributed by atoms with Crippen LogP contribution in [0.15, 0.2) is 34.5 Å². The highest BCUT2D eigenvalue weighted by Crippen LogP contribution is 2.64. The van der Waals surface area contributed by atoms with Crippen molar-refractivity contribution in [2.24, 2.45) is 17.3 Å². The number of hydrogen-bond acceptors (Lipinski definition) is 5. The Kier molecular flexibility index (Phi) is 5.50. The Bertz CT molecular complexity index is 918. The number of carbonyl (C=O) groups excluding carboxylic acids is 1. The summed E-state index contributed by atoms with van der Waals surface area (Å²) >= 11 is 0. The van der Waals surface area contributed by atoms with E-state index in [1.54, 1.807) is 13.4 Å². The van der Waals surface area contributed by atoms with E-state index in [-0.39, 0.29) is 22.9 Å². The number of furan rings is 1. The molecule has 2 fully saturated rings. The highest BCUT2D eigenvalue weighted by atomic mass is 16.6. The van der Waals surface area contributed by atoms with Crippen LogP contribution in [0.2, 0.25) is 0 Å². The first-order valence-corrected chi connectivity index (χ1v) is 11.3. The van der Waals surface area contributed by atoms with Gasteiger partial charge in [-0.15, -0.1) is 0 Å². The van der Waals surface area contributed by atoms with Gasteiger partial charge in [0, 0.05) is 30.6 Å². The molecule has 1 aromatic heterocycles. The molecule has 2 bridgehead atoms. The summed E-state index contributed by atoms with van der Waals surface area (Å²) in [7, 11) is 1.78. The van der Waals surface area contributed by atoms with Crippen LogP contribution in [0.5, 0.6) is 0 Å². The number of carbonyl (C=O) groups is 1. The molecule has 1 saturated carbocycles. The zero-order valence-corrected chi connectivity index (χ0v) is 19.9. The predicted octanol–water partition coefficient (Wildman–Crippen LogP) is 5.78. The van der Waals surface area contributed by atoms with Crippen molar-refractivity contribution in [3.8, 4) is 0 Å². The summed E-state index contributed by atoms with van der Waals surface area (Å²) in [6.45, 7) is 13.0. The minimum Gasteiger partial charge on any atom is -0.463 e. The fourth-order valence-corrected chi connectivity index (χ4v) is 6.34. The topological polar surface area (TPSA) is 57.9 Å². The molecule has 170 valence electrons. The molecule has 1 aromatic rings. The van der Waals surface area contributed by atoms with Crippen molar-refractivity contribution in [3.63, 3.8) is 0 Å². The number of methoxy groups -OCH3 is 1. The number of ether oxygens (including phenoxy) is 3. The van der Waals surface area contributed by atoms with Crippen molar-refractivity contribution in [3.05, 3.63) is 47.1 Å². The summed E-state index contributed by atoms with van der Waals surface area (Å²) in [4.78, 5) is 12.0. The van der Waals surface area contributed by atoms with Gasteiger partial charge in [0.2, 0.25) is 0 Å². The van der Waals surface area contributed by atoms with Gasteiger partial charge in [-0.3, -0.25) is 0 Å². The summed E-state index contributed by atoms with van der Waals surface area (Å²) < 4.78 is 24.4. The summed E-state index contributed by atoms with van der Waals surface area (Å²) in [6, 6.07) is 2.13. The average Bonchev–Trinajstić information content (AvgIpc) is 3.04. The Hall–Kier alpha value is -1.85. The first kappa shape index (κ1) is 22.3. The molecule has 5 nitrogen and oxygen atoms in total. The lowest BCUT2D eigenvalue weighted by Gasteiger charge is -2.57. The minimum absolute atomic E-state index is 0.0132. The molecule has 0 unspecified atom stereocenters. The molecule has 0 aromatic carbocycles. The van der Waals surface area contributed by atoms with Crippen molar-refractivity contribution in [2.75, 3.05) is 13.7 Å². The molecule has 31 heavy (non-hydrogen) atoms. The van der Waals surface area contributed by atoms with Crippen LogP contribution in [0.3, 0.4) is 0 Å². The van der Waals surface area contributed by atoms with Gasteiger partial charge in [0.15, 0.2) is 5.60 Å². The van der Waals surface area contributed by atoms with Gasteiger partial charge in [-0.25, -0.2) is 4.79 Å². The number of rotatable bonds is 4. The third kappa shape index (κ3) is 3.60. The molecule has 5 heteroatoms. The van der Waals surface area contributed by atoms with Crippen LogP contribution in [0.1, 0.15) is 76.9 Å². The summed E-state index contributed by atoms with van der Waals surface area (Å²) in [5.41, 5.74) is 1.28. The normalized spacial score (nSPS) is 35.9. The molecule has 4 rings (SSSR count). The second-order valence-electron chi connectivity index (χ2n) is 10.7. The highest BCUT2D eigenvalue weighted by Gasteiger charge is 2.63. The molecule has 3 aliphatic rings. The van der Waals surface area contributed by atoms with Crippen molar-refractivity contribution >= 4 is 5.97 Å². The fraction of sp³-hybridized carbons (Fsp3) is 0.654. The fourth-order valence-electron chi connectivity index (χ4n) is 6.34. The largest absolute Gasteiger partial charge is 0.463 e. The van der Waals surface area contributed by atoms with E-state index in [1.807, 2.05) is 26.8 Å². The zero-order valence-electron chi connectivity index (χ0n) is 19.9. The van der Waals surface area contributed by atoms with Gasteiger partial charge in [-0.2, -0.15) is 0 Å². The van der Waals surface area contributed by atoms with Crippen LogP contribution >= 0.6 is 0 Å². The quantitative estimate of drug-likeness (QED) is 0.346. The van der Waals surface area contributed by atoms with Gasteiger partial charge in [0.25, 0.3) is 0 Å². The molecule has 0 N–H and O–H groups in total. The van der Waals surface area contributed by atoms with Crippen LogP contribution in [-0.4, -0.2) is 25.3 Å². The van der Waals surface area contributed by atoms with Crippen LogP contribution < -0.4 is 0 Å². The van der Waals surface area contributed by atoms with Crippen molar-refractivity contribution in [2.45, 2.75) is 77.9 Å². The molecule has 2 heterocycles. The van der Waals surface area contributed by atoms with Crippen molar-refractivity contribution < 1.29 is 23.4 Å². The lowest BCUT2D eigenvalue weighted by Crippen LogP contribution is -2.59. The highest BCUT2D eigenvalue weighted by molar-refractivity contribution is 5.83. The second kappa shape index (κ2) is 7.63. The maximum atomic E-state index is 12.0. The first-order chi connectivity index (χ1) is 14.5. The standard InChI is InChI=1S/C26H36O5/c1-16(2)12-22(27)29-11-9-19-18-13-17(3)31-23(18)26(28-7)15-30-24(4,5)20-8-10-25(19,6)14-21(20)26/h9,11-13,19-21H,8,10,14-15H2,1-7H3/b11-9+/t19-,20+,21-,25-,26-/m0/s1. The van der Waals surface area contributed by atoms with Crippen LogP contribution in [0, 0.1) is 24.2 Å². The third-order valence-electron chi connectivity index (χ3n) is 7.93. The van der Waals surface area contributed by atoms with E-state index in [4.69, 9.17) is 18.6 Å². The van der Waals surface area contributed by atoms with Gasteiger partial charge in [-0.05, 0) is 77.4 Å². The van der Waals surface area contributed by atoms with Gasteiger partial charge >= 0.3 is 5.97 Å². The van der Waals surface area contributed by atoms with Crippen LogP contribution in [0.25, 0.3) is 0 Å². The number of esters is 1. The Morgan fingerprint density at radius 2 is 1.97 bits per heavy atom. The SMILES string of the molecule is CO[C@@]12COC(C)(C)[C@@H]3CC[C@@](C)(C[C@@H]31)[C@@H](/C=C/OC(=O)C=C(C)C)c1cc(C)oc12. The van der Waals surface area contributed by atoms with E-state index in [1.165, 1.54) is 6.08 Å². The van der Waals surface area contributed by atoms with Gasteiger partial charge < -0.3 is 18.6 Å². The molecule has 1 saturated heterocycles. The summed E-state index contributed by atoms with van der Waals surface area (Å²) in [6.07, 6.45) is 8.26. The Morgan fingerprint density at radius 3 is 2.65 bits per heavy atom. The molecule has 2 aliphatic carbocycles. The second-order valence-corrected chi connectivity index (χ2v) is 10.7. The average molecular weight is 429 g/mol. The van der Waals surface area contributed by atoms with Crippen LogP contribution in [-0.2, 0) is 24.6 Å². The molecule has 0 spiro atoms.